The monoisotopic (exact) mass is 369 g/mol. The Balaban J connectivity index is 1.65. The van der Waals surface area contributed by atoms with E-state index in [0.29, 0.717) is 5.92 Å². The van der Waals surface area contributed by atoms with Crippen LogP contribution in [-0.4, -0.2) is 24.3 Å². The van der Waals surface area contributed by atoms with Crippen molar-refractivity contribution in [2.45, 2.75) is 32.6 Å². The number of para-hydroxylation sites is 1. The number of carbonyl (C=O) groups excluding carboxylic acids is 3. The number of hydrazine groups is 1. The molecule has 1 saturated heterocycles. The molecule has 0 unspecified atom stereocenters. The van der Waals surface area contributed by atoms with Crippen molar-refractivity contribution < 1.29 is 18.8 Å². The van der Waals surface area contributed by atoms with Crippen molar-refractivity contribution in [3.8, 4) is 0 Å². The summed E-state index contributed by atoms with van der Waals surface area (Å²) in [6.07, 6.45) is 2.44. The summed E-state index contributed by atoms with van der Waals surface area (Å²) in [5.41, 5.74) is 6.64. The highest BCUT2D eigenvalue weighted by Crippen LogP contribution is 2.33. The highest BCUT2D eigenvalue weighted by Gasteiger charge is 2.36. The van der Waals surface area contributed by atoms with Crippen molar-refractivity contribution in [1.82, 2.24) is 10.9 Å². The van der Waals surface area contributed by atoms with Gasteiger partial charge in [0, 0.05) is 18.7 Å². The zero-order valence-electron chi connectivity index (χ0n) is 15.4. The second-order valence-corrected chi connectivity index (χ2v) is 6.69. The van der Waals surface area contributed by atoms with Gasteiger partial charge in [0.2, 0.25) is 11.8 Å². The maximum atomic E-state index is 12.5. The zero-order valence-corrected chi connectivity index (χ0v) is 15.4. The van der Waals surface area contributed by atoms with Crippen LogP contribution < -0.4 is 15.8 Å². The Morgan fingerprint density at radius 2 is 2.00 bits per heavy atom. The molecule has 2 heterocycles. The van der Waals surface area contributed by atoms with E-state index in [0.717, 1.165) is 17.7 Å². The first-order chi connectivity index (χ1) is 13.0. The first kappa shape index (κ1) is 18.7. The van der Waals surface area contributed by atoms with Gasteiger partial charge in [0.15, 0.2) is 5.76 Å². The summed E-state index contributed by atoms with van der Waals surface area (Å²) < 4.78 is 4.97. The van der Waals surface area contributed by atoms with Gasteiger partial charge < -0.3 is 9.32 Å². The molecule has 142 valence electrons. The largest absolute Gasteiger partial charge is 0.459 e. The van der Waals surface area contributed by atoms with Gasteiger partial charge in [-0.2, -0.15) is 0 Å². The fraction of sp³-hybridized carbons (Fsp3) is 0.350. The Morgan fingerprint density at radius 3 is 2.70 bits per heavy atom. The smallest absolute Gasteiger partial charge is 0.305 e. The van der Waals surface area contributed by atoms with Gasteiger partial charge in [-0.25, -0.2) is 0 Å². The average molecular weight is 369 g/mol. The van der Waals surface area contributed by atoms with E-state index in [1.807, 2.05) is 24.3 Å². The van der Waals surface area contributed by atoms with E-state index in [4.69, 9.17) is 4.42 Å². The summed E-state index contributed by atoms with van der Waals surface area (Å²) in [5.74, 6) is -1.15. The first-order valence-electron chi connectivity index (χ1n) is 9.04. The second-order valence-electron chi connectivity index (χ2n) is 6.69. The number of hydrogen-bond donors (Lipinski definition) is 2. The minimum absolute atomic E-state index is 0.0942. The fourth-order valence-electron chi connectivity index (χ4n) is 3.18. The molecule has 0 radical (unpaired) electrons. The number of anilines is 1. The lowest BCUT2D eigenvalue weighted by Crippen LogP contribution is -2.45. The van der Waals surface area contributed by atoms with Crippen molar-refractivity contribution in [1.29, 1.82) is 0 Å². The Bertz CT molecular complexity index is 832. The van der Waals surface area contributed by atoms with E-state index >= 15 is 0 Å². The molecule has 1 fully saturated rings. The predicted octanol–water partition coefficient (Wildman–Crippen LogP) is 2.61. The minimum Gasteiger partial charge on any atom is -0.459 e. The Labute approximate surface area is 157 Å². The first-order valence-corrected chi connectivity index (χ1v) is 9.04. The van der Waals surface area contributed by atoms with Crippen molar-refractivity contribution in [2.24, 2.45) is 5.92 Å². The number of furan rings is 1. The van der Waals surface area contributed by atoms with Crippen molar-refractivity contribution >= 4 is 23.4 Å². The van der Waals surface area contributed by atoms with Crippen LogP contribution in [0.25, 0.3) is 0 Å². The molecule has 0 saturated carbocycles. The van der Waals surface area contributed by atoms with E-state index < -0.39 is 17.7 Å². The predicted molar refractivity (Wildman–Crippen MR) is 99.9 cm³/mol. The van der Waals surface area contributed by atoms with Crippen LogP contribution >= 0.6 is 0 Å². The van der Waals surface area contributed by atoms with Gasteiger partial charge in [0.1, 0.15) is 0 Å². The lowest BCUT2D eigenvalue weighted by atomic mass is 9.96. The highest BCUT2D eigenvalue weighted by molar-refractivity contribution is 6.01. The van der Waals surface area contributed by atoms with Gasteiger partial charge in [0.05, 0.1) is 12.2 Å². The van der Waals surface area contributed by atoms with Crippen molar-refractivity contribution in [3.63, 3.8) is 0 Å². The molecule has 0 bridgehead atoms. The van der Waals surface area contributed by atoms with Crippen LogP contribution in [0.4, 0.5) is 5.69 Å². The number of amides is 3. The number of carbonyl (C=O) groups is 3. The van der Waals surface area contributed by atoms with Crippen LogP contribution in [0, 0.1) is 5.92 Å². The molecule has 2 aromatic rings. The van der Waals surface area contributed by atoms with E-state index in [1.165, 1.54) is 12.3 Å². The summed E-state index contributed by atoms with van der Waals surface area (Å²) in [5, 5.41) is 0. The molecule has 1 aliphatic rings. The van der Waals surface area contributed by atoms with Crippen LogP contribution in [0.2, 0.25) is 0 Å². The third-order valence-corrected chi connectivity index (χ3v) is 4.91. The van der Waals surface area contributed by atoms with Crippen LogP contribution in [0.1, 0.15) is 48.7 Å². The normalized spacial score (nSPS) is 17.6. The van der Waals surface area contributed by atoms with Gasteiger partial charge in [-0.3, -0.25) is 25.2 Å². The Kier molecular flexibility index (Phi) is 5.59. The quantitative estimate of drug-likeness (QED) is 0.793. The van der Waals surface area contributed by atoms with Crippen LogP contribution in [0.5, 0.6) is 0 Å². The van der Waals surface area contributed by atoms with E-state index in [2.05, 4.69) is 24.7 Å². The third-order valence-electron chi connectivity index (χ3n) is 4.91. The number of nitrogens with zero attached hydrogens (tertiary/aromatic N) is 1. The van der Waals surface area contributed by atoms with Crippen molar-refractivity contribution in [2.75, 3.05) is 11.4 Å². The number of rotatable bonds is 5. The molecular formula is C20H23N3O4. The van der Waals surface area contributed by atoms with Crippen LogP contribution in [-0.2, 0) is 9.59 Å². The molecule has 7 heteroatoms. The summed E-state index contributed by atoms with van der Waals surface area (Å²) >= 11 is 0. The standard InChI is InChI=1S/C20H23N3O4/c1-3-13(2)15-7-4-5-8-16(15)23-12-14(11-18(23)24)19(25)21-22-20(26)17-9-6-10-27-17/h4-10,13-14H,3,11-12H2,1-2H3,(H,21,25)(H,22,26)/t13-,14+/m1/s1. The van der Waals surface area contributed by atoms with Crippen LogP contribution in [0.15, 0.2) is 47.1 Å². The minimum atomic E-state index is -0.545. The van der Waals surface area contributed by atoms with Crippen molar-refractivity contribution in [3.05, 3.63) is 54.0 Å². The molecule has 1 aliphatic heterocycles. The summed E-state index contributed by atoms with van der Waals surface area (Å²) in [4.78, 5) is 38.4. The molecule has 2 N–H and O–H groups in total. The number of nitrogens with one attached hydrogen (secondary N) is 2. The number of benzene rings is 1. The average Bonchev–Trinajstić information content (AvgIpc) is 3.35. The fourth-order valence-corrected chi connectivity index (χ4v) is 3.18. The van der Waals surface area contributed by atoms with E-state index in [1.54, 1.807) is 11.0 Å². The topological polar surface area (TPSA) is 91.7 Å². The molecule has 2 atom stereocenters. The molecule has 7 nitrogen and oxygen atoms in total. The van der Waals surface area contributed by atoms with Gasteiger partial charge in [-0.05, 0) is 36.1 Å². The van der Waals surface area contributed by atoms with Gasteiger partial charge in [-0.1, -0.05) is 32.0 Å². The zero-order chi connectivity index (χ0) is 19.4. The van der Waals surface area contributed by atoms with Gasteiger partial charge in [0.25, 0.3) is 0 Å². The Hall–Kier alpha value is -3.09. The maximum Gasteiger partial charge on any atom is 0.305 e. The summed E-state index contributed by atoms with van der Waals surface area (Å²) in [6, 6.07) is 10.9. The molecule has 0 spiro atoms. The molecule has 0 aliphatic carbocycles. The lowest BCUT2D eigenvalue weighted by molar-refractivity contribution is -0.126. The van der Waals surface area contributed by atoms with E-state index in [-0.39, 0.29) is 24.6 Å². The van der Waals surface area contributed by atoms with Gasteiger partial charge in [-0.15, -0.1) is 0 Å². The molecule has 1 aromatic carbocycles. The summed E-state index contributed by atoms with van der Waals surface area (Å²) in [6.45, 7) is 4.51. The molecule has 1 aromatic heterocycles. The van der Waals surface area contributed by atoms with Crippen LogP contribution in [0.3, 0.4) is 0 Å². The third kappa shape index (κ3) is 4.02. The molecule has 27 heavy (non-hydrogen) atoms. The molecule has 3 rings (SSSR count). The van der Waals surface area contributed by atoms with Gasteiger partial charge >= 0.3 is 5.91 Å². The molecule has 3 amide bonds. The summed E-state index contributed by atoms with van der Waals surface area (Å²) in [7, 11) is 0. The van der Waals surface area contributed by atoms with E-state index in [9.17, 15) is 14.4 Å². The SMILES string of the molecule is CC[C@@H](C)c1ccccc1N1C[C@@H](C(=O)NNC(=O)c2ccco2)CC1=O. The molecular weight excluding hydrogens is 346 g/mol. The maximum absolute atomic E-state index is 12.5. The second kappa shape index (κ2) is 8.07. The number of hydrogen-bond acceptors (Lipinski definition) is 4. The highest BCUT2D eigenvalue weighted by atomic mass is 16.3. The Morgan fingerprint density at radius 1 is 1.22 bits per heavy atom. The lowest BCUT2D eigenvalue weighted by Gasteiger charge is -2.23.